The van der Waals surface area contributed by atoms with Gasteiger partial charge in [0.2, 0.25) is 5.91 Å². The van der Waals surface area contributed by atoms with Crippen molar-refractivity contribution in [2.75, 3.05) is 18.4 Å². The van der Waals surface area contributed by atoms with Crippen LogP contribution in [0.5, 0.6) is 0 Å². The van der Waals surface area contributed by atoms with E-state index in [1.165, 1.54) is 0 Å². The van der Waals surface area contributed by atoms with Crippen LogP contribution in [0.4, 0.5) is 5.69 Å². The first-order valence-corrected chi connectivity index (χ1v) is 7.41. The van der Waals surface area contributed by atoms with Crippen molar-refractivity contribution in [3.05, 3.63) is 24.1 Å². The number of rotatable bonds is 3. The van der Waals surface area contributed by atoms with Crippen molar-refractivity contribution in [2.45, 2.75) is 33.1 Å². The number of anilines is 1. The molecule has 0 bridgehead atoms. The molecule has 1 unspecified atom stereocenters. The van der Waals surface area contributed by atoms with Gasteiger partial charge in [-0.3, -0.25) is 4.79 Å². The second kappa shape index (κ2) is 5.15. The molecular weight excluding hydrogens is 266 g/mol. The highest BCUT2D eigenvalue weighted by Gasteiger charge is 2.36. The second-order valence-electron chi connectivity index (χ2n) is 6.33. The van der Waals surface area contributed by atoms with E-state index in [1.54, 1.807) is 0 Å². The predicted octanol–water partition coefficient (Wildman–Crippen LogP) is 2.89. The first-order chi connectivity index (χ1) is 9.98. The number of hydrogen-bond acceptors (Lipinski definition) is 4. The molecule has 2 aromatic rings. The molecule has 2 N–H and O–H groups in total. The summed E-state index contributed by atoms with van der Waals surface area (Å²) in [5.74, 6) is 1.03. The van der Waals surface area contributed by atoms with E-state index in [0.717, 1.165) is 42.2 Å². The summed E-state index contributed by atoms with van der Waals surface area (Å²) < 4.78 is 5.68. The molecule has 1 aliphatic rings. The molecule has 1 atom stereocenters. The summed E-state index contributed by atoms with van der Waals surface area (Å²) in [6, 6.07) is 5.59. The zero-order valence-electron chi connectivity index (χ0n) is 12.7. The van der Waals surface area contributed by atoms with E-state index in [1.807, 2.05) is 39.0 Å². The Morgan fingerprint density at radius 3 is 2.95 bits per heavy atom. The zero-order valence-corrected chi connectivity index (χ0v) is 12.7. The van der Waals surface area contributed by atoms with Crippen LogP contribution in [0.3, 0.4) is 0 Å². The van der Waals surface area contributed by atoms with Crippen molar-refractivity contribution in [1.29, 1.82) is 0 Å². The van der Waals surface area contributed by atoms with E-state index in [9.17, 15) is 4.79 Å². The summed E-state index contributed by atoms with van der Waals surface area (Å²) in [5.41, 5.74) is 1.97. The molecule has 5 heteroatoms. The number of benzene rings is 1. The Bertz CT molecular complexity index is 669. The third-order valence-electron chi connectivity index (χ3n) is 4.07. The van der Waals surface area contributed by atoms with Gasteiger partial charge in [0.1, 0.15) is 5.52 Å². The third kappa shape index (κ3) is 2.65. The van der Waals surface area contributed by atoms with Crippen LogP contribution >= 0.6 is 0 Å². The summed E-state index contributed by atoms with van der Waals surface area (Å²) >= 11 is 0. The molecule has 1 aromatic carbocycles. The first kappa shape index (κ1) is 14.1. The fraction of sp³-hybridized carbons (Fsp3) is 0.500. The van der Waals surface area contributed by atoms with Gasteiger partial charge >= 0.3 is 0 Å². The van der Waals surface area contributed by atoms with E-state index in [2.05, 4.69) is 15.6 Å². The Kier molecular flexibility index (Phi) is 3.45. The van der Waals surface area contributed by atoms with Gasteiger partial charge in [-0.25, -0.2) is 4.98 Å². The predicted molar refractivity (Wildman–Crippen MR) is 82.3 cm³/mol. The Hall–Kier alpha value is -1.88. The van der Waals surface area contributed by atoms with Crippen molar-refractivity contribution in [2.24, 2.45) is 5.41 Å². The summed E-state index contributed by atoms with van der Waals surface area (Å²) in [4.78, 5) is 16.9. The van der Waals surface area contributed by atoms with Crippen molar-refractivity contribution >= 4 is 22.7 Å². The summed E-state index contributed by atoms with van der Waals surface area (Å²) in [6.07, 6.45) is 0.864. The lowest BCUT2D eigenvalue weighted by Crippen LogP contribution is -2.35. The minimum absolute atomic E-state index is 0.0550. The Morgan fingerprint density at radius 1 is 1.48 bits per heavy atom. The van der Waals surface area contributed by atoms with Crippen LogP contribution in [0.15, 0.2) is 22.6 Å². The summed E-state index contributed by atoms with van der Waals surface area (Å²) in [6.45, 7) is 7.70. The molecule has 5 nitrogen and oxygen atoms in total. The molecule has 1 aliphatic heterocycles. The van der Waals surface area contributed by atoms with Crippen LogP contribution in [0.2, 0.25) is 0 Å². The number of oxazole rings is 1. The number of amides is 1. The summed E-state index contributed by atoms with van der Waals surface area (Å²) in [7, 11) is 0. The molecular formula is C16H21N3O2. The molecule has 112 valence electrons. The van der Waals surface area contributed by atoms with Gasteiger partial charge < -0.3 is 15.1 Å². The number of fused-ring (bicyclic) bond motifs is 1. The Balaban J connectivity index is 1.82. The lowest BCUT2D eigenvalue weighted by Gasteiger charge is -2.21. The highest BCUT2D eigenvalue weighted by molar-refractivity contribution is 5.96. The van der Waals surface area contributed by atoms with Crippen LogP contribution in [0.25, 0.3) is 11.1 Å². The Morgan fingerprint density at radius 2 is 2.29 bits per heavy atom. The maximum Gasteiger partial charge on any atom is 0.231 e. The Labute approximate surface area is 124 Å². The van der Waals surface area contributed by atoms with E-state index in [4.69, 9.17) is 4.42 Å². The number of carbonyl (C=O) groups excluding carboxylic acids is 1. The number of nitrogens with one attached hydrogen (secondary N) is 2. The van der Waals surface area contributed by atoms with Gasteiger partial charge in [-0.1, -0.05) is 13.8 Å². The van der Waals surface area contributed by atoms with Crippen molar-refractivity contribution in [3.63, 3.8) is 0 Å². The minimum atomic E-state index is -0.331. The second-order valence-corrected chi connectivity index (χ2v) is 6.33. The minimum Gasteiger partial charge on any atom is -0.440 e. The number of carbonyl (C=O) groups is 1. The average molecular weight is 287 g/mol. The maximum absolute atomic E-state index is 12.4. The van der Waals surface area contributed by atoms with Gasteiger partial charge in [0.05, 0.1) is 5.41 Å². The van der Waals surface area contributed by atoms with Gasteiger partial charge in [-0.2, -0.15) is 0 Å². The van der Waals surface area contributed by atoms with Crippen molar-refractivity contribution in [1.82, 2.24) is 10.3 Å². The van der Waals surface area contributed by atoms with Crippen LogP contribution in [0.1, 0.15) is 39.0 Å². The maximum atomic E-state index is 12.4. The fourth-order valence-corrected chi connectivity index (χ4v) is 2.56. The lowest BCUT2D eigenvalue weighted by molar-refractivity contribution is -0.123. The molecule has 1 fully saturated rings. The normalized spacial score (nSPS) is 22.1. The molecule has 1 aromatic heterocycles. The summed E-state index contributed by atoms with van der Waals surface area (Å²) in [5, 5.41) is 6.23. The highest BCUT2D eigenvalue weighted by Crippen LogP contribution is 2.28. The number of hydrogen-bond donors (Lipinski definition) is 2. The van der Waals surface area contributed by atoms with E-state index >= 15 is 0 Å². The number of aromatic nitrogens is 1. The van der Waals surface area contributed by atoms with Gasteiger partial charge in [-0.15, -0.1) is 0 Å². The van der Waals surface area contributed by atoms with Gasteiger partial charge in [0.15, 0.2) is 11.5 Å². The lowest BCUT2D eigenvalue weighted by atomic mass is 9.89. The SMILES string of the molecule is CC(C)c1nc2cc(NC(=O)C3(C)CCNC3)ccc2o1. The zero-order chi connectivity index (χ0) is 15.0. The van der Waals surface area contributed by atoms with E-state index < -0.39 is 0 Å². The van der Waals surface area contributed by atoms with Crippen LogP contribution in [-0.2, 0) is 4.79 Å². The van der Waals surface area contributed by atoms with Gasteiger partial charge in [0.25, 0.3) is 0 Å². The molecule has 2 heterocycles. The topological polar surface area (TPSA) is 67.2 Å². The first-order valence-electron chi connectivity index (χ1n) is 7.41. The number of nitrogens with zero attached hydrogens (tertiary/aromatic N) is 1. The monoisotopic (exact) mass is 287 g/mol. The molecule has 3 rings (SSSR count). The van der Waals surface area contributed by atoms with E-state index in [-0.39, 0.29) is 17.2 Å². The van der Waals surface area contributed by atoms with Crippen LogP contribution < -0.4 is 10.6 Å². The van der Waals surface area contributed by atoms with Crippen molar-refractivity contribution in [3.8, 4) is 0 Å². The molecule has 1 saturated heterocycles. The van der Waals surface area contributed by atoms with Crippen molar-refractivity contribution < 1.29 is 9.21 Å². The standard InChI is InChI=1S/C16H21N3O2/c1-10(2)14-19-12-8-11(4-5-13(12)21-14)18-15(20)16(3)6-7-17-9-16/h4-5,8,10,17H,6-7,9H2,1-3H3,(H,18,20). The molecule has 0 saturated carbocycles. The molecule has 1 amide bonds. The average Bonchev–Trinajstić information content (AvgIpc) is 3.05. The quantitative estimate of drug-likeness (QED) is 0.911. The third-order valence-corrected chi connectivity index (χ3v) is 4.07. The van der Waals surface area contributed by atoms with Gasteiger partial charge in [-0.05, 0) is 38.1 Å². The molecule has 21 heavy (non-hydrogen) atoms. The fourth-order valence-electron chi connectivity index (χ4n) is 2.56. The highest BCUT2D eigenvalue weighted by atomic mass is 16.3. The van der Waals surface area contributed by atoms with Gasteiger partial charge in [0, 0.05) is 18.2 Å². The van der Waals surface area contributed by atoms with Crippen LogP contribution in [-0.4, -0.2) is 24.0 Å². The molecule has 0 aliphatic carbocycles. The smallest absolute Gasteiger partial charge is 0.231 e. The largest absolute Gasteiger partial charge is 0.440 e. The van der Waals surface area contributed by atoms with E-state index in [0.29, 0.717) is 0 Å². The van der Waals surface area contributed by atoms with Crippen LogP contribution in [0, 0.1) is 5.41 Å². The molecule has 0 radical (unpaired) electrons. The molecule has 0 spiro atoms.